The van der Waals surface area contributed by atoms with Crippen LogP contribution in [-0.2, 0) is 20.9 Å². The highest BCUT2D eigenvalue weighted by Gasteiger charge is 2.45. The molecule has 0 radical (unpaired) electrons. The van der Waals surface area contributed by atoms with Crippen LogP contribution in [0.15, 0.2) is 24.5 Å². The molecule has 1 aromatic rings. The number of amides is 2. The van der Waals surface area contributed by atoms with Gasteiger partial charge in [0.05, 0.1) is 19.3 Å². The Bertz CT molecular complexity index is 900. The molecule has 1 atom stereocenters. The fourth-order valence-corrected chi connectivity index (χ4v) is 5.44. The van der Waals surface area contributed by atoms with E-state index in [4.69, 9.17) is 4.74 Å². The van der Waals surface area contributed by atoms with Crippen molar-refractivity contribution in [1.29, 1.82) is 5.26 Å². The van der Waals surface area contributed by atoms with E-state index in [1.807, 2.05) is 24.0 Å². The Labute approximate surface area is 214 Å². The number of rotatable bonds is 8. The third-order valence-electron chi connectivity index (χ3n) is 7.72. The van der Waals surface area contributed by atoms with Gasteiger partial charge in [0, 0.05) is 84.4 Å². The van der Waals surface area contributed by atoms with Crippen LogP contribution in [0.5, 0.6) is 0 Å². The molecule has 3 saturated heterocycles. The van der Waals surface area contributed by atoms with Gasteiger partial charge in [0.15, 0.2) is 0 Å². The molecule has 4 rings (SSSR count). The summed E-state index contributed by atoms with van der Waals surface area (Å²) in [6.45, 7) is 10.9. The summed E-state index contributed by atoms with van der Waals surface area (Å²) in [6.07, 6.45) is 4.68. The highest BCUT2D eigenvalue weighted by atomic mass is 16.5. The summed E-state index contributed by atoms with van der Waals surface area (Å²) in [5.41, 5.74) is 0.236. The first kappa shape index (κ1) is 26.5. The minimum absolute atomic E-state index is 0.0406. The maximum absolute atomic E-state index is 13.6. The SMILES string of the molecule is CCNC(=O)[C@@H](CN1CCOCC1)N1CCN(C(=O)C2(C#N)CCN(Cc3ccncc3)CC2)CC1. The minimum atomic E-state index is -0.955. The molecule has 1 aromatic heterocycles. The molecule has 2 amide bonds. The number of likely N-dealkylation sites (tertiary alicyclic amines) is 1. The van der Waals surface area contributed by atoms with Crippen LogP contribution in [0.25, 0.3) is 0 Å². The molecule has 0 spiro atoms. The lowest BCUT2D eigenvalue weighted by atomic mass is 9.78. The average Bonchev–Trinajstić information content (AvgIpc) is 2.93. The fourth-order valence-electron chi connectivity index (χ4n) is 5.44. The topological polar surface area (TPSA) is 105 Å². The van der Waals surface area contributed by atoms with E-state index < -0.39 is 5.41 Å². The predicted molar refractivity (Wildman–Crippen MR) is 135 cm³/mol. The second kappa shape index (κ2) is 12.6. The standard InChI is InChI=1S/C26H39N7O3/c1-2-29-24(34)23(20-31-15-17-36-18-16-31)32-11-13-33(14-12-32)25(35)26(21-27)5-9-30(10-6-26)19-22-3-7-28-8-4-22/h3-4,7-8,23H,2,5-6,9-20H2,1H3,(H,29,34)/t23-/m1/s1. The third kappa shape index (κ3) is 6.40. The molecular weight excluding hydrogens is 458 g/mol. The van der Waals surface area contributed by atoms with E-state index >= 15 is 0 Å². The number of hydrogen-bond acceptors (Lipinski definition) is 8. The van der Waals surface area contributed by atoms with Crippen molar-refractivity contribution in [3.63, 3.8) is 0 Å². The Morgan fingerprint density at radius 3 is 2.33 bits per heavy atom. The Balaban J connectivity index is 1.32. The van der Waals surface area contributed by atoms with Crippen LogP contribution >= 0.6 is 0 Å². The van der Waals surface area contributed by atoms with Gasteiger partial charge in [0.2, 0.25) is 11.8 Å². The number of nitriles is 1. The smallest absolute Gasteiger partial charge is 0.243 e. The number of morpholine rings is 1. The van der Waals surface area contributed by atoms with Crippen molar-refractivity contribution >= 4 is 11.8 Å². The van der Waals surface area contributed by atoms with Gasteiger partial charge < -0.3 is 15.0 Å². The van der Waals surface area contributed by atoms with Gasteiger partial charge in [-0.05, 0) is 37.5 Å². The summed E-state index contributed by atoms with van der Waals surface area (Å²) in [7, 11) is 0. The Hall–Kier alpha value is -2.58. The maximum atomic E-state index is 13.6. The molecule has 0 bridgehead atoms. The van der Waals surface area contributed by atoms with Crippen LogP contribution in [0.1, 0.15) is 25.3 Å². The lowest BCUT2D eigenvalue weighted by Gasteiger charge is -2.44. The minimum Gasteiger partial charge on any atom is -0.379 e. The monoisotopic (exact) mass is 497 g/mol. The van der Waals surface area contributed by atoms with Crippen LogP contribution in [0.4, 0.5) is 0 Å². The summed E-state index contributed by atoms with van der Waals surface area (Å²) in [4.78, 5) is 39.2. The normalized spacial score (nSPS) is 22.5. The molecule has 0 saturated carbocycles. The van der Waals surface area contributed by atoms with Gasteiger partial charge in [0.1, 0.15) is 11.5 Å². The molecule has 4 heterocycles. The quantitative estimate of drug-likeness (QED) is 0.542. The molecule has 10 heteroatoms. The van der Waals surface area contributed by atoms with Crippen molar-refractivity contribution in [2.45, 2.75) is 32.4 Å². The first-order valence-corrected chi connectivity index (χ1v) is 13.2. The summed E-state index contributed by atoms with van der Waals surface area (Å²) >= 11 is 0. The van der Waals surface area contributed by atoms with Gasteiger partial charge >= 0.3 is 0 Å². The summed E-state index contributed by atoms with van der Waals surface area (Å²) < 4.78 is 5.46. The number of carbonyl (C=O) groups is 2. The van der Waals surface area contributed by atoms with E-state index in [2.05, 4.69) is 31.1 Å². The lowest BCUT2D eigenvalue weighted by molar-refractivity contribution is -0.144. The molecule has 196 valence electrons. The molecule has 1 N–H and O–H groups in total. The lowest BCUT2D eigenvalue weighted by Crippen LogP contribution is -2.61. The number of nitrogens with one attached hydrogen (secondary N) is 1. The largest absolute Gasteiger partial charge is 0.379 e. The van der Waals surface area contributed by atoms with Gasteiger partial charge in [-0.2, -0.15) is 5.26 Å². The first-order valence-electron chi connectivity index (χ1n) is 13.2. The number of piperazine rings is 1. The summed E-state index contributed by atoms with van der Waals surface area (Å²) in [5.74, 6) is -0.00483. The second-order valence-corrected chi connectivity index (χ2v) is 9.98. The predicted octanol–water partition coefficient (Wildman–Crippen LogP) is 0.168. The van der Waals surface area contributed by atoms with Crippen molar-refractivity contribution in [1.82, 2.24) is 29.9 Å². The van der Waals surface area contributed by atoms with E-state index in [9.17, 15) is 14.9 Å². The van der Waals surface area contributed by atoms with Gasteiger partial charge in [0.25, 0.3) is 0 Å². The fraction of sp³-hybridized carbons (Fsp3) is 0.692. The Morgan fingerprint density at radius 1 is 1.06 bits per heavy atom. The van der Waals surface area contributed by atoms with Crippen LogP contribution in [0, 0.1) is 16.7 Å². The highest BCUT2D eigenvalue weighted by molar-refractivity contribution is 5.86. The molecule has 3 aliphatic rings. The van der Waals surface area contributed by atoms with Gasteiger partial charge in [-0.25, -0.2) is 0 Å². The van der Waals surface area contributed by atoms with Crippen molar-refractivity contribution in [2.24, 2.45) is 5.41 Å². The zero-order valence-electron chi connectivity index (χ0n) is 21.4. The van der Waals surface area contributed by atoms with E-state index in [0.29, 0.717) is 65.3 Å². The highest BCUT2D eigenvalue weighted by Crippen LogP contribution is 2.34. The maximum Gasteiger partial charge on any atom is 0.243 e. The number of likely N-dealkylation sites (N-methyl/N-ethyl adjacent to an activating group) is 1. The zero-order chi connectivity index (χ0) is 25.4. The van der Waals surface area contributed by atoms with E-state index in [0.717, 1.165) is 32.7 Å². The summed E-state index contributed by atoms with van der Waals surface area (Å²) in [6, 6.07) is 6.16. The van der Waals surface area contributed by atoms with Crippen LogP contribution in [0.2, 0.25) is 0 Å². The first-order chi connectivity index (χ1) is 17.5. The number of nitrogens with zero attached hydrogens (tertiary/aromatic N) is 6. The molecule has 10 nitrogen and oxygen atoms in total. The zero-order valence-corrected chi connectivity index (χ0v) is 21.4. The average molecular weight is 498 g/mol. The summed E-state index contributed by atoms with van der Waals surface area (Å²) in [5, 5.41) is 13.1. The van der Waals surface area contributed by atoms with E-state index in [1.54, 1.807) is 12.4 Å². The molecule has 0 aromatic carbocycles. The molecule has 0 aliphatic carbocycles. The Morgan fingerprint density at radius 2 is 1.72 bits per heavy atom. The number of piperidine rings is 1. The van der Waals surface area contributed by atoms with Crippen molar-refractivity contribution in [3.05, 3.63) is 30.1 Å². The third-order valence-corrected chi connectivity index (χ3v) is 7.72. The molecule has 3 aliphatic heterocycles. The van der Waals surface area contributed by atoms with E-state index in [1.165, 1.54) is 5.56 Å². The molecular formula is C26H39N7O3. The second-order valence-electron chi connectivity index (χ2n) is 9.98. The van der Waals surface area contributed by atoms with Crippen molar-refractivity contribution < 1.29 is 14.3 Å². The Kier molecular flexibility index (Phi) is 9.26. The van der Waals surface area contributed by atoms with Gasteiger partial charge in [-0.1, -0.05) is 0 Å². The number of hydrogen-bond donors (Lipinski definition) is 1. The molecule has 36 heavy (non-hydrogen) atoms. The number of ether oxygens (including phenoxy) is 1. The van der Waals surface area contributed by atoms with E-state index in [-0.39, 0.29) is 17.9 Å². The number of pyridine rings is 1. The molecule has 3 fully saturated rings. The van der Waals surface area contributed by atoms with Crippen molar-refractivity contribution in [3.8, 4) is 6.07 Å². The molecule has 0 unspecified atom stereocenters. The number of aromatic nitrogens is 1. The van der Waals surface area contributed by atoms with Crippen molar-refractivity contribution in [2.75, 3.05) is 78.7 Å². The van der Waals surface area contributed by atoms with Gasteiger partial charge in [-0.3, -0.25) is 29.3 Å². The van der Waals surface area contributed by atoms with Gasteiger partial charge in [-0.15, -0.1) is 0 Å². The van der Waals surface area contributed by atoms with Crippen LogP contribution in [0.3, 0.4) is 0 Å². The van der Waals surface area contributed by atoms with Crippen LogP contribution in [-0.4, -0.2) is 121 Å². The van der Waals surface area contributed by atoms with Crippen LogP contribution < -0.4 is 5.32 Å². The number of carbonyl (C=O) groups excluding carboxylic acids is 2.